The number of ether oxygens (including phenoxy) is 2. The van der Waals surface area contributed by atoms with Crippen molar-refractivity contribution in [1.82, 2.24) is 5.32 Å². The highest BCUT2D eigenvalue weighted by Crippen LogP contribution is 2.59. The van der Waals surface area contributed by atoms with Crippen LogP contribution in [0.5, 0.6) is 0 Å². The quantitative estimate of drug-likeness (QED) is 0.219. The van der Waals surface area contributed by atoms with Crippen molar-refractivity contribution in [1.29, 1.82) is 0 Å². The number of Topliss-reactive ketones (excluding diaryl/α,β-unsaturated/α-hetero) is 2. The lowest BCUT2D eigenvalue weighted by Gasteiger charge is -2.26. The second kappa shape index (κ2) is 9.33. The molecule has 4 aliphatic rings. The fourth-order valence-electron chi connectivity index (χ4n) is 5.67. The number of carbonyl (C=O) groups is 3. The van der Waals surface area contributed by atoms with E-state index in [-0.39, 0.29) is 30.3 Å². The fraction of sp³-hybridized carbons (Fsp3) is 0.464. The molecule has 0 amide bonds. The van der Waals surface area contributed by atoms with Crippen molar-refractivity contribution in [3.8, 4) is 0 Å². The molecule has 2 atom stereocenters. The molecule has 1 saturated carbocycles. The number of benzene rings is 1. The second-order valence-corrected chi connectivity index (χ2v) is 10.1. The van der Waals surface area contributed by atoms with Gasteiger partial charge in [-0.1, -0.05) is 35.9 Å². The first-order valence-corrected chi connectivity index (χ1v) is 12.6. The number of rotatable bonds is 8. The molecule has 1 aromatic rings. The molecule has 0 spiro atoms. The van der Waals surface area contributed by atoms with Crippen LogP contribution >= 0.6 is 0 Å². The summed E-state index contributed by atoms with van der Waals surface area (Å²) in [6, 6.07) is 6.48. The number of dihydropyridines is 1. The number of esters is 1. The minimum Gasteiger partial charge on any atom is -0.460 e. The standard InChI is InChI=1S/C28H32N2O6/c1-17(10-11-18-12-13-30-23(29)14-18)19(16-31)15-27-24(32)21-8-4-5-9-22(21)25(33)28(27,36-27)26(34)35-20-6-2-3-7-20/h4-5,8-9,12,14,20,30-31H,2-3,6-7,10-11,13,15-16,29H2,1H3. The Bertz CT molecular complexity index is 1210. The van der Waals surface area contributed by atoms with E-state index in [1.165, 1.54) is 0 Å². The van der Waals surface area contributed by atoms with E-state index in [0.29, 0.717) is 30.8 Å². The zero-order valence-electron chi connectivity index (χ0n) is 20.5. The molecule has 0 bridgehead atoms. The minimum absolute atomic E-state index is 0.0490. The van der Waals surface area contributed by atoms with Crippen LogP contribution in [0.15, 0.2) is 59.0 Å². The van der Waals surface area contributed by atoms with Crippen LogP contribution in [-0.4, -0.2) is 53.1 Å². The lowest BCUT2D eigenvalue weighted by molar-refractivity contribution is -0.153. The van der Waals surface area contributed by atoms with E-state index in [0.717, 1.165) is 36.8 Å². The summed E-state index contributed by atoms with van der Waals surface area (Å²) in [6.07, 6.45) is 8.31. The van der Waals surface area contributed by atoms with Gasteiger partial charge in [0.25, 0.3) is 5.60 Å². The summed E-state index contributed by atoms with van der Waals surface area (Å²) in [5.74, 6) is -1.15. The number of hydrogen-bond donors (Lipinski definition) is 3. The number of allylic oxidation sites excluding steroid dienone is 3. The highest BCUT2D eigenvalue weighted by atomic mass is 16.7. The molecular weight excluding hydrogens is 460 g/mol. The second-order valence-electron chi connectivity index (χ2n) is 10.1. The molecule has 8 heteroatoms. The number of fused-ring (bicyclic) bond motifs is 2. The third-order valence-electron chi connectivity index (χ3n) is 7.88. The molecular formula is C28H32N2O6. The van der Waals surface area contributed by atoms with Crippen LogP contribution in [0.3, 0.4) is 0 Å². The van der Waals surface area contributed by atoms with Crippen molar-refractivity contribution < 1.29 is 29.0 Å². The number of nitrogens with two attached hydrogens (primary N) is 1. The summed E-state index contributed by atoms with van der Waals surface area (Å²) < 4.78 is 11.7. The van der Waals surface area contributed by atoms with Crippen LogP contribution in [0.25, 0.3) is 0 Å². The Kier molecular flexibility index (Phi) is 6.34. The average molecular weight is 493 g/mol. The molecule has 2 heterocycles. The van der Waals surface area contributed by atoms with Crippen molar-refractivity contribution in [3.63, 3.8) is 0 Å². The normalized spacial score (nSPS) is 27.8. The van der Waals surface area contributed by atoms with Gasteiger partial charge in [0.05, 0.1) is 12.4 Å². The maximum Gasteiger partial charge on any atom is 0.350 e. The van der Waals surface area contributed by atoms with Crippen LogP contribution in [0.4, 0.5) is 0 Å². The molecule has 2 fully saturated rings. The summed E-state index contributed by atoms with van der Waals surface area (Å²) in [5, 5.41) is 13.3. The van der Waals surface area contributed by atoms with E-state index >= 15 is 0 Å². The van der Waals surface area contributed by atoms with Crippen LogP contribution in [0.2, 0.25) is 0 Å². The fourth-order valence-corrected chi connectivity index (χ4v) is 5.67. The van der Waals surface area contributed by atoms with Gasteiger partial charge >= 0.3 is 5.97 Å². The summed E-state index contributed by atoms with van der Waals surface area (Å²) in [6.45, 7) is 2.24. The summed E-state index contributed by atoms with van der Waals surface area (Å²) in [5.41, 5.74) is 5.10. The van der Waals surface area contributed by atoms with Gasteiger partial charge in [-0.05, 0) is 62.7 Å². The maximum absolute atomic E-state index is 13.8. The van der Waals surface area contributed by atoms with Gasteiger partial charge in [0.2, 0.25) is 5.78 Å². The van der Waals surface area contributed by atoms with Gasteiger partial charge in [-0.15, -0.1) is 0 Å². The molecule has 190 valence electrons. The molecule has 4 N–H and O–H groups in total. The molecule has 1 aromatic carbocycles. The van der Waals surface area contributed by atoms with Crippen LogP contribution in [0, 0.1) is 0 Å². The zero-order chi connectivity index (χ0) is 25.5. The van der Waals surface area contributed by atoms with E-state index in [2.05, 4.69) is 11.4 Å². The number of aliphatic hydroxyl groups is 1. The third-order valence-corrected chi connectivity index (χ3v) is 7.88. The Labute approximate surface area is 210 Å². The smallest absolute Gasteiger partial charge is 0.350 e. The van der Waals surface area contributed by atoms with Gasteiger partial charge in [-0.2, -0.15) is 0 Å². The Morgan fingerprint density at radius 1 is 1.19 bits per heavy atom. The Hall–Kier alpha value is -3.23. The van der Waals surface area contributed by atoms with Gasteiger partial charge in [-0.25, -0.2) is 4.79 Å². The van der Waals surface area contributed by atoms with Gasteiger partial charge in [0.15, 0.2) is 11.4 Å². The Morgan fingerprint density at radius 3 is 2.56 bits per heavy atom. The van der Waals surface area contributed by atoms with Crippen LogP contribution in [-0.2, 0) is 14.3 Å². The number of aliphatic hydroxyl groups excluding tert-OH is 1. The first-order valence-electron chi connectivity index (χ1n) is 12.6. The summed E-state index contributed by atoms with van der Waals surface area (Å²) in [4.78, 5) is 40.9. The number of epoxide rings is 1. The van der Waals surface area contributed by atoms with Crippen molar-refractivity contribution in [2.45, 2.75) is 69.2 Å². The maximum atomic E-state index is 13.8. The van der Waals surface area contributed by atoms with Crippen molar-refractivity contribution >= 4 is 17.5 Å². The van der Waals surface area contributed by atoms with E-state index in [1.54, 1.807) is 24.3 Å². The molecule has 5 rings (SSSR count). The predicted molar refractivity (Wildman–Crippen MR) is 132 cm³/mol. The molecule has 0 aromatic heterocycles. The lowest BCUT2D eigenvalue weighted by atomic mass is 9.71. The van der Waals surface area contributed by atoms with Crippen molar-refractivity contribution in [2.24, 2.45) is 5.73 Å². The minimum atomic E-state index is -2.00. The van der Waals surface area contributed by atoms with Crippen LogP contribution < -0.4 is 11.1 Å². The zero-order valence-corrected chi connectivity index (χ0v) is 20.5. The molecule has 36 heavy (non-hydrogen) atoms. The Balaban J connectivity index is 1.45. The largest absolute Gasteiger partial charge is 0.460 e. The number of nitrogens with one attached hydrogen (secondary N) is 1. The first kappa shape index (κ1) is 24.5. The van der Waals surface area contributed by atoms with Gasteiger partial charge in [0.1, 0.15) is 6.10 Å². The highest BCUT2D eigenvalue weighted by Gasteiger charge is 2.85. The molecule has 0 radical (unpaired) electrons. The SMILES string of the molecule is CC(CCC1=CCNC(N)=C1)=C(CO)CC12OC1(C(=O)OC1CCCC1)C(=O)c1ccccc1C2=O. The molecule has 2 aliphatic heterocycles. The molecule has 1 saturated heterocycles. The third kappa shape index (κ3) is 3.89. The van der Waals surface area contributed by atoms with E-state index in [4.69, 9.17) is 15.2 Å². The monoisotopic (exact) mass is 492 g/mol. The number of carbonyl (C=O) groups excluding carboxylic acids is 3. The lowest BCUT2D eigenvalue weighted by Crippen LogP contribution is -2.51. The summed E-state index contributed by atoms with van der Waals surface area (Å²) >= 11 is 0. The predicted octanol–water partition coefficient (Wildman–Crippen LogP) is 2.87. The van der Waals surface area contributed by atoms with E-state index < -0.39 is 28.7 Å². The van der Waals surface area contributed by atoms with Gasteiger partial charge in [0, 0.05) is 24.1 Å². The van der Waals surface area contributed by atoms with Gasteiger partial charge in [-0.3, -0.25) is 9.59 Å². The van der Waals surface area contributed by atoms with E-state index in [1.807, 2.05) is 13.0 Å². The molecule has 2 unspecified atom stereocenters. The number of hydrogen-bond acceptors (Lipinski definition) is 8. The highest BCUT2D eigenvalue weighted by molar-refractivity contribution is 6.32. The van der Waals surface area contributed by atoms with Crippen molar-refractivity contribution in [2.75, 3.05) is 13.2 Å². The van der Waals surface area contributed by atoms with Crippen LogP contribution in [0.1, 0.15) is 72.6 Å². The average Bonchev–Trinajstić information content (AvgIpc) is 3.32. The topological polar surface area (TPSA) is 131 Å². The molecule has 2 aliphatic carbocycles. The molecule has 8 nitrogen and oxygen atoms in total. The number of ketones is 2. The van der Waals surface area contributed by atoms with E-state index in [9.17, 15) is 19.5 Å². The summed E-state index contributed by atoms with van der Waals surface area (Å²) in [7, 11) is 0. The first-order chi connectivity index (χ1) is 17.3. The van der Waals surface area contributed by atoms with Gasteiger partial charge < -0.3 is 25.6 Å². The van der Waals surface area contributed by atoms with Crippen molar-refractivity contribution in [3.05, 3.63) is 70.1 Å². The Morgan fingerprint density at radius 2 is 1.89 bits per heavy atom.